The molecule has 0 fully saturated rings. The van der Waals surface area contributed by atoms with Gasteiger partial charge in [-0.2, -0.15) is 0 Å². The molecule has 0 atom stereocenters. The highest BCUT2D eigenvalue weighted by molar-refractivity contribution is 7.92. The van der Waals surface area contributed by atoms with Crippen LogP contribution in [0.25, 0.3) is 11.1 Å². The van der Waals surface area contributed by atoms with Crippen LogP contribution in [0.2, 0.25) is 0 Å². The van der Waals surface area contributed by atoms with Crippen LogP contribution in [0.15, 0.2) is 72.0 Å². The first-order chi connectivity index (χ1) is 11.0. The van der Waals surface area contributed by atoms with Gasteiger partial charge in [-0.15, -0.1) is 0 Å². The normalized spacial score (nSPS) is 11.2. The average Bonchev–Trinajstić information content (AvgIpc) is 2.55. The van der Waals surface area contributed by atoms with Gasteiger partial charge in [-0.05, 0) is 48.4 Å². The second-order valence-corrected chi connectivity index (χ2v) is 6.74. The Labute approximate surface area is 135 Å². The molecule has 23 heavy (non-hydrogen) atoms. The summed E-state index contributed by atoms with van der Waals surface area (Å²) in [4.78, 5) is 8.31. The van der Waals surface area contributed by atoms with Crippen LogP contribution in [0.5, 0.6) is 0 Å². The molecular formula is C17H15N3O2S. The first-order valence-electron chi connectivity index (χ1n) is 7.00. The topological polar surface area (TPSA) is 72.0 Å². The summed E-state index contributed by atoms with van der Waals surface area (Å²) in [7, 11) is -3.62. The summed E-state index contributed by atoms with van der Waals surface area (Å²) in [6.45, 7) is 1.81. The van der Waals surface area contributed by atoms with Crippen LogP contribution in [0.3, 0.4) is 0 Å². The fourth-order valence-corrected chi connectivity index (χ4v) is 3.23. The van der Waals surface area contributed by atoms with E-state index in [-0.39, 0.29) is 4.90 Å². The van der Waals surface area contributed by atoms with Crippen LogP contribution in [0.4, 0.5) is 5.69 Å². The molecule has 0 aliphatic carbocycles. The molecule has 3 aromatic rings. The maximum absolute atomic E-state index is 12.4. The summed E-state index contributed by atoms with van der Waals surface area (Å²) in [6, 6.07) is 13.8. The zero-order chi connectivity index (χ0) is 16.3. The van der Waals surface area contributed by atoms with Gasteiger partial charge in [0.2, 0.25) is 0 Å². The van der Waals surface area contributed by atoms with E-state index in [0.29, 0.717) is 5.69 Å². The zero-order valence-electron chi connectivity index (χ0n) is 12.5. The van der Waals surface area contributed by atoms with Crippen LogP contribution in [-0.2, 0) is 10.0 Å². The molecule has 1 N–H and O–H groups in total. The number of hydrogen-bond donors (Lipinski definition) is 1. The molecule has 0 saturated heterocycles. The van der Waals surface area contributed by atoms with Gasteiger partial charge in [-0.25, -0.2) is 8.42 Å². The van der Waals surface area contributed by atoms with Crippen molar-refractivity contribution in [2.45, 2.75) is 11.8 Å². The maximum atomic E-state index is 12.4. The molecule has 0 aliphatic heterocycles. The predicted molar refractivity (Wildman–Crippen MR) is 89.5 cm³/mol. The molecule has 2 heterocycles. The highest BCUT2D eigenvalue weighted by Crippen LogP contribution is 2.22. The summed E-state index contributed by atoms with van der Waals surface area (Å²) in [5.74, 6) is 0. The minimum Gasteiger partial charge on any atom is -0.280 e. The summed E-state index contributed by atoms with van der Waals surface area (Å²) in [5, 5.41) is 0. The van der Waals surface area contributed by atoms with Crippen LogP contribution in [0.1, 0.15) is 5.69 Å². The number of anilines is 1. The van der Waals surface area contributed by atoms with Crippen molar-refractivity contribution in [2.24, 2.45) is 0 Å². The van der Waals surface area contributed by atoms with Gasteiger partial charge in [-0.1, -0.05) is 18.2 Å². The highest BCUT2D eigenvalue weighted by atomic mass is 32.2. The van der Waals surface area contributed by atoms with Crippen LogP contribution in [0, 0.1) is 6.92 Å². The summed E-state index contributed by atoms with van der Waals surface area (Å²) in [5.41, 5.74) is 3.09. The average molecular weight is 325 g/mol. The lowest BCUT2D eigenvalue weighted by atomic mass is 10.1. The summed E-state index contributed by atoms with van der Waals surface area (Å²) >= 11 is 0. The van der Waals surface area contributed by atoms with Gasteiger partial charge >= 0.3 is 0 Å². The van der Waals surface area contributed by atoms with E-state index in [9.17, 15) is 8.42 Å². The lowest BCUT2D eigenvalue weighted by Gasteiger charge is -2.09. The molecular weight excluding hydrogens is 310 g/mol. The van der Waals surface area contributed by atoms with Crippen molar-refractivity contribution >= 4 is 15.7 Å². The van der Waals surface area contributed by atoms with Crippen molar-refractivity contribution in [3.63, 3.8) is 0 Å². The third-order valence-electron chi connectivity index (χ3n) is 3.31. The largest absolute Gasteiger partial charge is 0.280 e. The Kier molecular flexibility index (Phi) is 4.08. The van der Waals surface area contributed by atoms with Crippen molar-refractivity contribution in [3.05, 3.63) is 72.8 Å². The third-order valence-corrected chi connectivity index (χ3v) is 4.71. The van der Waals surface area contributed by atoms with Gasteiger partial charge in [0, 0.05) is 24.3 Å². The molecule has 0 bridgehead atoms. The molecule has 0 spiro atoms. The lowest BCUT2D eigenvalue weighted by Crippen LogP contribution is -2.13. The summed E-state index contributed by atoms with van der Waals surface area (Å²) in [6.07, 6.45) is 5.00. The van der Waals surface area contributed by atoms with Crippen molar-refractivity contribution in [1.29, 1.82) is 0 Å². The Morgan fingerprint density at radius 3 is 2.39 bits per heavy atom. The van der Waals surface area contributed by atoms with E-state index in [1.165, 1.54) is 0 Å². The Bertz CT molecular complexity index is 908. The van der Waals surface area contributed by atoms with E-state index in [2.05, 4.69) is 14.7 Å². The molecule has 2 aromatic heterocycles. The van der Waals surface area contributed by atoms with E-state index in [4.69, 9.17) is 0 Å². The molecule has 0 unspecified atom stereocenters. The number of nitrogens with one attached hydrogen (secondary N) is 1. The number of aromatic nitrogens is 2. The molecule has 0 saturated carbocycles. The van der Waals surface area contributed by atoms with E-state index in [1.54, 1.807) is 61.9 Å². The Morgan fingerprint density at radius 1 is 0.957 bits per heavy atom. The predicted octanol–water partition coefficient (Wildman–Crippen LogP) is 3.25. The van der Waals surface area contributed by atoms with E-state index < -0.39 is 10.0 Å². The first-order valence-corrected chi connectivity index (χ1v) is 8.49. The number of aryl methyl sites for hydroxylation is 1. The van der Waals surface area contributed by atoms with Gasteiger partial charge in [0.25, 0.3) is 10.0 Å². The van der Waals surface area contributed by atoms with Crippen LogP contribution < -0.4 is 4.72 Å². The second kappa shape index (κ2) is 6.18. The molecule has 0 amide bonds. The van der Waals surface area contributed by atoms with Crippen LogP contribution in [-0.4, -0.2) is 18.4 Å². The Balaban J connectivity index is 1.86. The van der Waals surface area contributed by atoms with Crippen molar-refractivity contribution in [1.82, 2.24) is 9.97 Å². The van der Waals surface area contributed by atoms with Crippen molar-refractivity contribution in [2.75, 3.05) is 4.72 Å². The minimum absolute atomic E-state index is 0.208. The molecule has 1 aromatic carbocycles. The van der Waals surface area contributed by atoms with Gasteiger partial charge in [0.1, 0.15) is 0 Å². The number of sulfonamides is 1. The third kappa shape index (κ3) is 3.54. The Morgan fingerprint density at radius 2 is 1.74 bits per heavy atom. The molecule has 116 valence electrons. The fourth-order valence-electron chi connectivity index (χ4n) is 2.18. The fraction of sp³-hybridized carbons (Fsp3) is 0.0588. The smallest absolute Gasteiger partial charge is 0.261 e. The van der Waals surface area contributed by atoms with Gasteiger partial charge in [0.15, 0.2) is 0 Å². The Hall–Kier alpha value is -2.73. The van der Waals surface area contributed by atoms with Crippen molar-refractivity contribution in [3.8, 4) is 11.1 Å². The number of nitrogens with zero attached hydrogens (tertiary/aromatic N) is 2. The van der Waals surface area contributed by atoms with Gasteiger partial charge in [-0.3, -0.25) is 14.7 Å². The number of pyridine rings is 2. The first kappa shape index (κ1) is 15.2. The monoisotopic (exact) mass is 325 g/mol. The number of benzene rings is 1. The summed E-state index contributed by atoms with van der Waals surface area (Å²) < 4.78 is 27.4. The SMILES string of the molecule is Cc1cc(NS(=O)(=O)c2ccc(-c3cccnc3)cc2)ccn1. The molecule has 6 heteroatoms. The molecule has 5 nitrogen and oxygen atoms in total. The molecule has 0 radical (unpaired) electrons. The molecule has 0 aliphatic rings. The zero-order valence-corrected chi connectivity index (χ0v) is 13.3. The van der Waals surface area contributed by atoms with E-state index >= 15 is 0 Å². The van der Waals surface area contributed by atoms with E-state index in [1.807, 2.05) is 12.1 Å². The highest BCUT2D eigenvalue weighted by Gasteiger charge is 2.14. The standard InChI is InChI=1S/C17H15N3O2S/c1-13-11-16(8-10-19-13)20-23(21,22)17-6-4-14(5-7-17)15-3-2-9-18-12-15/h2-12H,1H3,(H,19,20). The maximum Gasteiger partial charge on any atom is 0.261 e. The molecule has 3 rings (SSSR count). The number of rotatable bonds is 4. The lowest BCUT2D eigenvalue weighted by molar-refractivity contribution is 0.601. The minimum atomic E-state index is -3.62. The van der Waals surface area contributed by atoms with E-state index in [0.717, 1.165) is 16.8 Å². The second-order valence-electron chi connectivity index (χ2n) is 5.06. The van der Waals surface area contributed by atoms with Crippen molar-refractivity contribution < 1.29 is 8.42 Å². The van der Waals surface area contributed by atoms with Gasteiger partial charge in [0.05, 0.1) is 10.6 Å². The number of hydrogen-bond acceptors (Lipinski definition) is 4. The quantitative estimate of drug-likeness (QED) is 0.799. The van der Waals surface area contributed by atoms with Crippen LogP contribution >= 0.6 is 0 Å². The van der Waals surface area contributed by atoms with Gasteiger partial charge < -0.3 is 0 Å².